The van der Waals surface area contributed by atoms with Crippen molar-refractivity contribution in [2.45, 2.75) is 37.6 Å². The molecule has 0 saturated heterocycles. The van der Waals surface area contributed by atoms with Gasteiger partial charge in [-0.25, -0.2) is 0 Å². The lowest BCUT2D eigenvalue weighted by molar-refractivity contribution is 0.0938. The third-order valence-corrected chi connectivity index (χ3v) is 3.55. The van der Waals surface area contributed by atoms with Crippen molar-refractivity contribution < 1.29 is 4.79 Å². The van der Waals surface area contributed by atoms with Gasteiger partial charge < -0.3 is 5.32 Å². The maximum Gasteiger partial charge on any atom is 0.251 e. The second-order valence-electron chi connectivity index (χ2n) is 4.40. The number of rotatable bonds is 2. The molecule has 2 nitrogen and oxygen atoms in total. The summed E-state index contributed by atoms with van der Waals surface area (Å²) in [6, 6.07) is 7.75. The molecule has 1 fully saturated rings. The fourth-order valence-corrected chi connectivity index (χ4v) is 2.46. The summed E-state index contributed by atoms with van der Waals surface area (Å²) in [5.41, 5.74) is 1.82. The van der Waals surface area contributed by atoms with E-state index in [0.717, 1.165) is 30.4 Å². The van der Waals surface area contributed by atoms with E-state index in [0.29, 0.717) is 0 Å². The average molecular weight is 238 g/mol. The van der Waals surface area contributed by atoms with Crippen LogP contribution in [0.5, 0.6) is 0 Å². The standard InChI is InChI=1S/C13H16ClNO/c1-9-4-2-5-10(8-9)13(16)15-12-7-3-6-11(12)14/h2,4-5,8,11-12H,3,6-7H2,1H3,(H,15,16). The summed E-state index contributed by atoms with van der Waals surface area (Å²) in [5, 5.41) is 3.09. The number of hydrogen-bond acceptors (Lipinski definition) is 1. The lowest BCUT2D eigenvalue weighted by atomic mass is 10.1. The molecule has 1 saturated carbocycles. The number of benzene rings is 1. The van der Waals surface area contributed by atoms with Gasteiger partial charge in [-0.1, -0.05) is 17.7 Å². The number of halogens is 1. The van der Waals surface area contributed by atoms with Gasteiger partial charge in [0.15, 0.2) is 0 Å². The highest BCUT2D eigenvalue weighted by molar-refractivity contribution is 6.21. The lowest BCUT2D eigenvalue weighted by Gasteiger charge is -2.15. The zero-order valence-corrected chi connectivity index (χ0v) is 10.1. The van der Waals surface area contributed by atoms with E-state index in [1.165, 1.54) is 0 Å². The summed E-state index contributed by atoms with van der Waals surface area (Å²) >= 11 is 6.13. The first kappa shape index (κ1) is 11.5. The predicted octanol–water partition coefficient (Wildman–Crippen LogP) is 2.88. The van der Waals surface area contributed by atoms with Crippen molar-refractivity contribution in [2.75, 3.05) is 0 Å². The molecule has 2 rings (SSSR count). The summed E-state index contributed by atoms with van der Waals surface area (Å²) in [5.74, 6) is -0.0127. The van der Waals surface area contributed by atoms with Crippen molar-refractivity contribution in [1.29, 1.82) is 0 Å². The van der Waals surface area contributed by atoms with E-state index in [1.54, 1.807) is 0 Å². The second-order valence-corrected chi connectivity index (χ2v) is 4.96. The van der Waals surface area contributed by atoms with Crippen LogP contribution in [0.1, 0.15) is 35.2 Å². The van der Waals surface area contributed by atoms with Gasteiger partial charge in [0.25, 0.3) is 5.91 Å². The van der Waals surface area contributed by atoms with E-state index in [4.69, 9.17) is 11.6 Å². The Balaban J connectivity index is 2.03. The Hall–Kier alpha value is -1.02. The SMILES string of the molecule is Cc1cccc(C(=O)NC2CCCC2Cl)c1. The van der Waals surface area contributed by atoms with Crippen LogP contribution in [0.2, 0.25) is 0 Å². The largest absolute Gasteiger partial charge is 0.348 e. The minimum Gasteiger partial charge on any atom is -0.348 e. The van der Waals surface area contributed by atoms with Gasteiger partial charge >= 0.3 is 0 Å². The average Bonchev–Trinajstić information content (AvgIpc) is 2.64. The maximum atomic E-state index is 11.9. The zero-order valence-electron chi connectivity index (χ0n) is 9.37. The van der Waals surface area contributed by atoms with E-state index in [2.05, 4.69) is 5.32 Å². The highest BCUT2D eigenvalue weighted by atomic mass is 35.5. The molecule has 86 valence electrons. The summed E-state index contributed by atoms with van der Waals surface area (Å²) in [4.78, 5) is 11.9. The summed E-state index contributed by atoms with van der Waals surface area (Å²) in [7, 11) is 0. The molecule has 16 heavy (non-hydrogen) atoms. The molecule has 1 aliphatic rings. The van der Waals surface area contributed by atoms with E-state index in [-0.39, 0.29) is 17.3 Å². The van der Waals surface area contributed by atoms with Crippen LogP contribution in [0.3, 0.4) is 0 Å². The summed E-state index contributed by atoms with van der Waals surface area (Å²) < 4.78 is 0. The predicted molar refractivity (Wildman–Crippen MR) is 65.9 cm³/mol. The first-order valence-corrected chi connectivity index (χ1v) is 6.12. The molecule has 0 radical (unpaired) electrons. The molecule has 1 aromatic rings. The maximum absolute atomic E-state index is 11.9. The smallest absolute Gasteiger partial charge is 0.251 e. The van der Waals surface area contributed by atoms with E-state index in [9.17, 15) is 4.79 Å². The highest BCUT2D eigenvalue weighted by Crippen LogP contribution is 2.24. The Labute approximate surface area is 101 Å². The summed E-state index contributed by atoms with van der Waals surface area (Å²) in [6.45, 7) is 1.98. The van der Waals surface area contributed by atoms with Crippen molar-refractivity contribution in [3.8, 4) is 0 Å². The lowest BCUT2D eigenvalue weighted by Crippen LogP contribution is -2.37. The van der Waals surface area contributed by atoms with Crippen LogP contribution >= 0.6 is 11.6 Å². The van der Waals surface area contributed by atoms with E-state index >= 15 is 0 Å². The van der Waals surface area contributed by atoms with E-state index < -0.39 is 0 Å². The molecule has 0 heterocycles. The molecule has 1 amide bonds. The number of aryl methyl sites for hydroxylation is 1. The number of carbonyl (C=O) groups excluding carboxylic acids is 1. The number of alkyl halides is 1. The molecule has 3 heteroatoms. The first-order valence-electron chi connectivity index (χ1n) is 5.68. The second kappa shape index (κ2) is 4.88. The molecular formula is C13H16ClNO. The molecule has 2 atom stereocenters. The molecule has 1 aromatic carbocycles. The van der Waals surface area contributed by atoms with Gasteiger partial charge in [0, 0.05) is 11.6 Å². The zero-order chi connectivity index (χ0) is 11.5. The number of amides is 1. The van der Waals surface area contributed by atoms with Gasteiger partial charge in [0.2, 0.25) is 0 Å². The van der Waals surface area contributed by atoms with Gasteiger partial charge in [-0.3, -0.25) is 4.79 Å². The van der Waals surface area contributed by atoms with Crippen LogP contribution < -0.4 is 5.32 Å². The first-order chi connectivity index (χ1) is 7.66. The molecule has 0 aliphatic heterocycles. The van der Waals surface area contributed by atoms with Gasteiger partial charge in [0.1, 0.15) is 0 Å². The van der Waals surface area contributed by atoms with Crippen LogP contribution in [0.25, 0.3) is 0 Å². The van der Waals surface area contributed by atoms with E-state index in [1.807, 2.05) is 31.2 Å². The minimum atomic E-state index is -0.0127. The highest BCUT2D eigenvalue weighted by Gasteiger charge is 2.26. The normalized spacial score (nSPS) is 24.4. The van der Waals surface area contributed by atoms with Crippen molar-refractivity contribution in [2.24, 2.45) is 0 Å². The fraction of sp³-hybridized carbons (Fsp3) is 0.462. The van der Waals surface area contributed by atoms with Crippen molar-refractivity contribution in [1.82, 2.24) is 5.32 Å². The minimum absolute atomic E-state index is 0.0127. The quantitative estimate of drug-likeness (QED) is 0.788. The third-order valence-electron chi connectivity index (χ3n) is 3.03. The monoisotopic (exact) mass is 237 g/mol. The molecule has 0 aromatic heterocycles. The summed E-state index contributed by atoms with van der Waals surface area (Å²) in [6.07, 6.45) is 3.10. The van der Waals surface area contributed by atoms with Crippen LogP contribution in [-0.2, 0) is 0 Å². The fourth-order valence-electron chi connectivity index (χ4n) is 2.12. The molecule has 1 N–H and O–H groups in total. The number of carbonyl (C=O) groups is 1. The molecule has 0 spiro atoms. The Bertz CT molecular complexity index is 391. The molecule has 0 bridgehead atoms. The Kier molecular flexibility index (Phi) is 3.49. The van der Waals surface area contributed by atoms with Crippen molar-refractivity contribution >= 4 is 17.5 Å². The van der Waals surface area contributed by atoms with Gasteiger partial charge in [-0.2, -0.15) is 0 Å². The Morgan fingerprint density at radius 2 is 2.25 bits per heavy atom. The number of nitrogens with one attached hydrogen (secondary N) is 1. The van der Waals surface area contributed by atoms with Gasteiger partial charge in [0.05, 0.1) is 5.38 Å². The van der Waals surface area contributed by atoms with Crippen LogP contribution in [0.15, 0.2) is 24.3 Å². The number of hydrogen-bond donors (Lipinski definition) is 1. The molecule has 1 aliphatic carbocycles. The van der Waals surface area contributed by atoms with Gasteiger partial charge in [-0.05, 0) is 38.3 Å². The Morgan fingerprint density at radius 3 is 2.88 bits per heavy atom. The van der Waals surface area contributed by atoms with Crippen molar-refractivity contribution in [3.63, 3.8) is 0 Å². The van der Waals surface area contributed by atoms with Gasteiger partial charge in [-0.15, -0.1) is 11.6 Å². The van der Waals surface area contributed by atoms with Crippen LogP contribution in [0, 0.1) is 6.92 Å². The van der Waals surface area contributed by atoms with Crippen molar-refractivity contribution in [3.05, 3.63) is 35.4 Å². The molecular weight excluding hydrogens is 222 g/mol. The van der Waals surface area contributed by atoms with Crippen LogP contribution in [0.4, 0.5) is 0 Å². The third kappa shape index (κ3) is 2.56. The Morgan fingerprint density at radius 1 is 1.44 bits per heavy atom. The topological polar surface area (TPSA) is 29.1 Å². The molecule has 2 unspecified atom stereocenters. The van der Waals surface area contributed by atoms with Crippen LogP contribution in [-0.4, -0.2) is 17.3 Å².